The van der Waals surface area contributed by atoms with Crippen molar-refractivity contribution in [2.24, 2.45) is 0 Å². The molecule has 0 heterocycles. The first-order chi connectivity index (χ1) is 4.61. The molecule has 1 aliphatic carbocycles. The summed E-state index contributed by atoms with van der Waals surface area (Å²) in [6, 6.07) is 0. The minimum absolute atomic E-state index is 0. The van der Waals surface area contributed by atoms with E-state index in [4.69, 9.17) is 0 Å². The Morgan fingerprint density at radius 2 is 1.82 bits per heavy atom. The van der Waals surface area contributed by atoms with Crippen molar-refractivity contribution in [2.45, 2.75) is 33.4 Å². The molecule has 60 valence electrons. The summed E-state index contributed by atoms with van der Waals surface area (Å²) >= 11 is 0. The molecular weight excluding hydrogens is 184 g/mol. The molecule has 2 heteroatoms. The fraction of sp³-hybridized carbons (Fsp3) is 0.556. The number of rotatable bonds is 1. The predicted octanol–water partition coefficient (Wildman–Crippen LogP) is 2.68. The number of allylic oxidation sites excluding steroid dienone is 4. The third kappa shape index (κ3) is 2.73. The van der Waals surface area contributed by atoms with Gasteiger partial charge in [0.15, 0.2) is 0 Å². The molecule has 11 heavy (non-hydrogen) atoms. The third-order valence-electron chi connectivity index (χ3n) is 2.29. The van der Waals surface area contributed by atoms with Gasteiger partial charge in [-0.1, -0.05) is 35.5 Å². The third-order valence-corrected chi connectivity index (χ3v) is 4.14. The van der Waals surface area contributed by atoms with Crippen LogP contribution in [-0.2, 0) is 21.7 Å². The Kier molecular flexibility index (Phi) is 4.61. The second-order valence-electron chi connectivity index (χ2n) is 3.51. The molecule has 0 aromatic heterocycles. The van der Waals surface area contributed by atoms with E-state index in [-0.39, 0.29) is 21.7 Å². The van der Waals surface area contributed by atoms with E-state index in [1.165, 1.54) is 12.0 Å². The van der Waals surface area contributed by atoms with Crippen molar-refractivity contribution in [3.63, 3.8) is 0 Å². The summed E-state index contributed by atoms with van der Waals surface area (Å²) in [6.45, 7) is 9.27. The van der Waals surface area contributed by atoms with Crippen molar-refractivity contribution >= 4 is 8.80 Å². The molecular formula is C9H16SiTi. The van der Waals surface area contributed by atoms with Crippen molar-refractivity contribution in [2.75, 3.05) is 0 Å². The molecule has 0 bridgehead atoms. The van der Waals surface area contributed by atoms with E-state index >= 15 is 0 Å². The van der Waals surface area contributed by atoms with Crippen LogP contribution in [0.4, 0.5) is 0 Å². The van der Waals surface area contributed by atoms with E-state index in [1.807, 2.05) is 0 Å². The molecule has 0 saturated heterocycles. The van der Waals surface area contributed by atoms with Crippen LogP contribution in [0.1, 0.15) is 20.3 Å². The van der Waals surface area contributed by atoms with Crippen LogP contribution >= 0.6 is 0 Å². The average molecular weight is 200 g/mol. The van der Waals surface area contributed by atoms with E-state index in [0.29, 0.717) is 0 Å². The predicted molar refractivity (Wildman–Crippen MR) is 50.0 cm³/mol. The second kappa shape index (κ2) is 4.44. The zero-order valence-electron chi connectivity index (χ0n) is 7.86. The van der Waals surface area contributed by atoms with E-state index in [1.54, 1.807) is 10.8 Å². The molecule has 0 spiro atoms. The van der Waals surface area contributed by atoms with Crippen molar-refractivity contribution in [1.82, 2.24) is 0 Å². The molecule has 0 radical (unpaired) electrons. The summed E-state index contributed by atoms with van der Waals surface area (Å²) in [5, 5.41) is 1.73. The molecule has 0 aliphatic heterocycles. The largest absolute Gasteiger partial charge is 0.0804 e. The summed E-state index contributed by atoms with van der Waals surface area (Å²) in [5.41, 5.74) is 3.09. The molecule has 0 unspecified atom stereocenters. The summed E-state index contributed by atoms with van der Waals surface area (Å²) in [5.74, 6) is 0. The summed E-state index contributed by atoms with van der Waals surface area (Å²) in [7, 11) is -0.480. The fourth-order valence-electron chi connectivity index (χ4n) is 1.27. The van der Waals surface area contributed by atoms with Crippen LogP contribution in [0.25, 0.3) is 0 Å². The van der Waals surface area contributed by atoms with Gasteiger partial charge in [0.05, 0.1) is 8.80 Å². The Hall–Kier alpha value is 0.411. The maximum atomic E-state index is 2.40. The maximum absolute atomic E-state index is 2.40. The monoisotopic (exact) mass is 200 g/mol. The van der Waals surface area contributed by atoms with Gasteiger partial charge in [-0.25, -0.2) is 0 Å². The number of hydrogen-bond acceptors (Lipinski definition) is 0. The normalized spacial score (nSPS) is 17.0. The van der Waals surface area contributed by atoms with Gasteiger partial charge in [-0.15, -0.1) is 0 Å². The molecule has 0 aromatic rings. The van der Waals surface area contributed by atoms with Gasteiger partial charge in [0.1, 0.15) is 0 Å². The van der Waals surface area contributed by atoms with Gasteiger partial charge in [-0.05, 0) is 20.3 Å². The summed E-state index contributed by atoms with van der Waals surface area (Å²) < 4.78 is 0. The Balaban J connectivity index is 0.000001000. The van der Waals surface area contributed by atoms with Crippen LogP contribution in [0.15, 0.2) is 22.4 Å². The van der Waals surface area contributed by atoms with Crippen LogP contribution in [0.5, 0.6) is 0 Å². The first-order valence-corrected chi connectivity index (χ1v) is 6.86. The van der Waals surface area contributed by atoms with E-state index < -0.39 is 8.80 Å². The van der Waals surface area contributed by atoms with Gasteiger partial charge < -0.3 is 0 Å². The Morgan fingerprint density at radius 3 is 2.00 bits per heavy atom. The molecule has 0 saturated carbocycles. The summed E-state index contributed by atoms with van der Waals surface area (Å²) in [4.78, 5) is 0. The fourth-order valence-corrected chi connectivity index (χ4v) is 2.57. The van der Waals surface area contributed by atoms with Crippen LogP contribution in [0.2, 0.25) is 13.1 Å². The minimum Gasteiger partial charge on any atom is -0.0804 e. The van der Waals surface area contributed by atoms with Crippen LogP contribution in [-0.4, -0.2) is 8.80 Å². The van der Waals surface area contributed by atoms with Crippen molar-refractivity contribution < 1.29 is 21.7 Å². The van der Waals surface area contributed by atoms with E-state index in [0.717, 1.165) is 0 Å². The smallest absolute Gasteiger partial charge is 0.0600 e. The standard InChI is InChI=1S/C9H16Si.Ti/c1-7-5-9(10(3)4)6-8(7)2;/h5,10H,6H2,1-4H3;. The van der Waals surface area contributed by atoms with Gasteiger partial charge in [0, 0.05) is 21.7 Å². The van der Waals surface area contributed by atoms with Crippen LogP contribution in [0, 0.1) is 0 Å². The molecule has 0 N–H and O–H groups in total. The van der Waals surface area contributed by atoms with Crippen LogP contribution < -0.4 is 0 Å². The molecule has 0 aromatic carbocycles. The van der Waals surface area contributed by atoms with Gasteiger partial charge >= 0.3 is 0 Å². The number of hydrogen-bond donors (Lipinski definition) is 0. The van der Waals surface area contributed by atoms with E-state index in [9.17, 15) is 0 Å². The van der Waals surface area contributed by atoms with Crippen molar-refractivity contribution in [3.05, 3.63) is 22.4 Å². The van der Waals surface area contributed by atoms with E-state index in [2.05, 4.69) is 33.0 Å². The molecule has 1 aliphatic rings. The topological polar surface area (TPSA) is 0 Å². The van der Waals surface area contributed by atoms with Gasteiger partial charge in [-0.2, -0.15) is 0 Å². The SMILES string of the molecule is CC1=C(C)CC([SiH](C)C)=C1.[Ti]. The van der Waals surface area contributed by atoms with Crippen molar-refractivity contribution in [1.29, 1.82) is 0 Å². The molecule has 0 amide bonds. The second-order valence-corrected chi connectivity index (χ2v) is 6.57. The van der Waals surface area contributed by atoms with Crippen LogP contribution in [0.3, 0.4) is 0 Å². The zero-order valence-corrected chi connectivity index (χ0v) is 10.6. The van der Waals surface area contributed by atoms with Crippen molar-refractivity contribution in [3.8, 4) is 0 Å². The molecule has 1 rings (SSSR count). The minimum atomic E-state index is -0.480. The molecule has 0 nitrogen and oxygen atoms in total. The Labute approximate surface area is 86.3 Å². The quantitative estimate of drug-likeness (QED) is 0.571. The molecule has 0 fully saturated rings. The first-order valence-electron chi connectivity index (χ1n) is 3.98. The summed E-state index contributed by atoms with van der Waals surface area (Å²) in [6.07, 6.45) is 3.67. The first kappa shape index (κ1) is 11.4. The molecule has 0 atom stereocenters. The average Bonchev–Trinajstić information content (AvgIpc) is 2.13. The van der Waals surface area contributed by atoms with Gasteiger partial charge in [0.2, 0.25) is 0 Å². The van der Waals surface area contributed by atoms with Gasteiger partial charge in [0.25, 0.3) is 0 Å². The zero-order chi connectivity index (χ0) is 7.72. The maximum Gasteiger partial charge on any atom is 0.0600 e. The Morgan fingerprint density at radius 1 is 1.27 bits per heavy atom. The Bertz CT molecular complexity index is 202. The van der Waals surface area contributed by atoms with Gasteiger partial charge in [-0.3, -0.25) is 0 Å².